The van der Waals surface area contributed by atoms with Crippen LogP contribution in [0.1, 0.15) is 50.6 Å². The fourth-order valence-electron chi connectivity index (χ4n) is 2.80. The summed E-state index contributed by atoms with van der Waals surface area (Å²) in [7, 11) is 0. The van der Waals surface area contributed by atoms with Crippen molar-refractivity contribution in [1.82, 2.24) is 19.9 Å². The second kappa shape index (κ2) is 5.60. The molecule has 0 atom stereocenters. The highest BCUT2D eigenvalue weighted by Gasteiger charge is 2.18. The molecule has 112 valence electrons. The summed E-state index contributed by atoms with van der Waals surface area (Å²) in [4.78, 5) is 9.20. The van der Waals surface area contributed by atoms with Crippen molar-refractivity contribution in [3.63, 3.8) is 0 Å². The summed E-state index contributed by atoms with van der Waals surface area (Å²) in [5, 5.41) is 3.55. The zero-order valence-electron chi connectivity index (χ0n) is 13.2. The molecule has 21 heavy (non-hydrogen) atoms. The van der Waals surface area contributed by atoms with Gasteiger partial charge in [0.1, 0.15) is 12.1 Å². The first-order chi connectivity index (χ1) is 10.0. The quantitative estimate of drug-likeness (QED) is 0.942. The minimum Gasteiger partial charge on any atom is -0.308 e. The van der Waals surface area contributed by atoms with Crippen molar-refractivity contribution in [2.45, 2.75) is 58.5 Å². The Hall–Kier alpha value is -1.68. The molecule has 2 heterocycles. The number of pyridine rings is 1. The summed E-state index contributed by atoms with van der Waals surface area (Å²) in [6, 6.07) is 4.16. The van der Waals surface area contributed by atoms with Crippen molar-refractivity contribution in [2.75, 3.05) is 0 Å². The van der Waals surface area contributed by atoms with E-state index in [1.54, 1.807) is 0 Å². The van der Waals surface area contributed by atoms with Gasteiger partial charge in [0.2, 0.25) is 0 Å². The third kappa shape index (κ3) is 3.16. The predicted octanol–water partition coefficient (Wildman–Crippen LogP) is 3.03. The van der Waals surface area contributed by atoms with Crippen molar-refractivity contribution in [3.8, 4) is 5.82 Å². The fraction of sp³-hybridized carbons (Fsp3) is 0.529. The smallest absolute Gasteiger partial charge is 0.142 e. The normalized spacial score (nSPS) is 15.0. The van der Waals surface area contributed by atoms with E-state index in [9.17, 15) is 0 Å². The first-order valence-electron chi connectivity index (χ1n) is 7.79. The average Bonchev–Trinajstić information content (AvgIpc) is 2.88. The van der Waals surface area contributed by atoms with Gasteiger partial charge >= 0.3 is 0 Å². The molecule has 0 aliphatic heterocycles. The molecule has 1 N–H and O–H groups in total. The highest BCUT2D eigenvalue weighted by atomic mass is 15.1. The van der Waals surface area contributed by atoms with Crippen LogP contribution in [0.4, 0.5) is 0 Å². The van der Waals surface area contributed by atoms with E-state index in [0.717, 1.165) is 25.2 Å². The number of hydrogen-bond donors (Lipinski definition) is 1. The standard InChI is InChI=1S/C17H24N4/c1-17(2,3)20-11-13-7-6-10-18-16(13)21-12-19-14-8-4-5-9-15(14)21/h6-7,10,12,20H,4-5,8-9,11H2,1-3H3. The molecule has 0 saturated carbocycles. The second-order valence-electron chi connectivity index (χ2n) is 6.80. The van der Waals surface area contributed by atoms with Gasteiger partial charge in [-0.25, -0.2) is 9.97 Å². The molecule has 4 nitrogen and oxygen atoms in total. The van der Waals surface area contributed by atoms with Crippen molar-refractivity contribution in [1.29, 1.82) is 0 Å². The van der Waals surface area contributed by atoms with Crippen LogP contribution < -0.4 is 5.32 Å². The van der Waals surface area contributed by atoms with Crippen molar-refractivity contribution in [3.05, 3.63) is 41.6 Å². The van der Waals surface area contributed by atoms with Crippen LogP contribution in [-0.2, 0) is 19.4 Å². The zero-order valence-corrected chi connectivity index (χ0v) is 13.2. The third-order valence-corrected chi connectivity index (χ3v) is 3.93. The van der Waals surface area contributed by atoms with E-state index < -0.39 is 0 Å². The highest BCUT2D eigenvalue weighted by Crippen LogP contribution is 2.23. The lowest BCUT2D eigenvalue weighted by molar-refractivity contribution is 0.423. The van der Waals surface area contributed by atoms with Crippen LogP contribution in [0.5, 0.6) is 0 Å². The number of fused-ring (bicyclic) bond motifs is 1. The Kier molecular flexibility index (Phi) is 3.81. The maximum Gasteiger partial charge on any atom is 0.142 e. The molecule has 0 bridgehead atoms. The fourth-order valence-corrected chi connectivity index (χ4v) is 2.80. The van der Waals surface area contributed by atoms with Crippen LogP contribution >= 0.6 is 0 Å². The Balaban J connectivity index is 1.93. The van der Waals surface area contributed by atoms with Gasteiger partial charge in [0.15, 0.2) is 0 Å². The third-order valence-electron chi connectivity index (χ3n) is 3.93. The Labute approximate surface area is 126 Å². The number of nitrogens with zero attached hydrogens (tertiary/aromatic N) is 3. The van der Waals surface area contributed by atoms with Gasteiger partial charge in [-0.2, -0.15) is 0 Å². The van der Waals surface area contributed by atoms with Gasteiger partial charge in [-0.1, -0.05) is 6.07 Å². The molecule has 3 rings (SSSR count). The summed E-state index contributed by atoms with van der Waals surface area (Å²) in [6.45, 7) is 7.37. The maximum atomic E-state index is 4.61. The average molecular weight is 284 g/mol. The van der Waals surface area contributed by atoms with Gasteiger partial charge in [0.05, 0.1) is 5.69 Å². The number of aryl methyl sites for hydroxylation is 1. The van der Waals surface area contributed by atoms with Crippen LogP contribution in [0, 0.1) is 0 Å². The number of aromatic nitrogens is 3. The van der Waals surface area contributed by atoms with Crippen LogP contribution in [0.15, 0.2) is 24.7 Å². The molecule has 0 spiro atoms. The van der Waals surface area contributed by atoms with Gasteiger partial charge < -0.3 is 5.32 Å². The van der Waals surface area contributed by atoms with Crippen LogP contribution in [0.2, 0.25) is 0 Å². The Morgan fingerprint density at radius 1 is 1.19 bits per heavy atom. The van der Waals surface area contributed by atoms with E-state index >= 15 is 0 Å². The van der Waals surface area contributed by atoms with Crippen molar-refractivity contribution < 1.29 is 0 Å². The van der Waals surface area contributed by atoms with Gasteiger partial charge in [0, 0.05) is 29.5 Å². The molecular formula is C17H24N4. The molecule has 1 aliphatic rings. The molecule has 4 heteroatoms. The van der Waals surface area contributed by atoms with E-state index in [0.29, 0.717) is 0 Å². The molecule has 0 radical (unpaired) electrons. The summed E-state index contributed by atoms with van der Waals surface area (Å²) in [6.07, 6.45) is 8.53. The van der Waals surface area contributed by atoms with Crippen molar-refractivity contribution >= 4 is 0 Å². The van der Waals surface area contributed by atoms with Crippen molar-refractivity contribution in [2.24, 2.45) is 0 Å². The van der Waals surface area contributed by atoms with Crippen LogP contribution in [0.25, 0.3) is 5.82 Å². The number of hydrogen-bond acceptors (Lipinski definition) is 3. The Morgan fingerprint density at radius 2 is 2.00 bits per heavy atom. The monoisotopic (exact) mass is 284 g/mol. The molecule has 0 unspecified atom stereocenters. The zero-order chi connectivity index (χ0) is 14.9. The Bertz CT molecular complexity index is 622. The lowest BCUT2D eigenvalue weighted by atomic mass is 10.0. The van der Waals surface area contributed by atoms with Gasteiger partial charge in [-0.05, 0) is 52.5 Å². The van der Waals surface area contributed by atoms with E-state index in [-0.39, 0.29) is 5.54 Å². The van der Waals surface area contributed by atoms with Crippen LogP contribution in [-0.4, -0.2) is 20.1 Å². The number of imidazole rings is 1. The predicted molar refractivity (Wildman–Crippen MR) is 84.6 cm³/mol. The first-order valence-corrected chi connectivity index (χ1v) is 7.79. The summed E-state index contributed by atoms with van der Waals surface area (Å²) in [5.74, 6) is 1.02. The maximum absolute atomic E-state index is 4.61. The van der Waals surface area contributed by atoms with Crippen LogP contribution in [0.3, 0.4) is 0 Å². The molecule has 0 fully saturated rings. The van der Waals surface area contributed by atoms with E-state index in [1.165, 1.54) is 29.8 Å². The lowest BCUT2D eigenvalue weighted by Gasteiger charge is -2.22. The molecule has 2 aromatic heterocycles. The van der Waals surface area contributed by atoms with E-state index in [1.807, 2.05) is 18.6 Å². The van der Waals surface area contributed by atoms with E-state index in [4.69, 9.17) is 0 Å². The lowest BCUT2D eigenvalue weighted by Crippen LogP contribution is -2.35. The minimum atomic E-state index is 0.0987. The molecule has 2 aromatic rings. The van der Waals surface area contributed by atoms with Gasteiger partial charge in [-0.15, -0.1) is 0 Å². The SMILES string of the molecule is CC(C)(C)NCc1cccnc1-n1cnc2c1CCCC2. The van der Waals surface area contributed by atoms with Gasteiger partial charge in [-0.3, -0.25) is 4.57 Å². The summed E-state index contributed by atoms with van der Waals surface area (Å²) >= 11 is 0. The second-order valence-corrected chi connectivity index (χ2v) is 6.80. The molecular weight excluding hydrogens is 260 g/mol. The van der Waals surface area contributed by atoms with Gasteiger partial charge in [0.25, 0.3) is 0 Å². The Morgan fingerprint density at radius 3 is 2.81 bits per heavy atom. The number of rotatable bonds is 3. The summed E-state index contributed by atoms with van der Waals surface area (Å²) in [5.41, 5.74) is 3.92. The molecule has 0 aromatic carbocycles. The topological polar surface area (TPSA) is 42.7 Å². The largest absolute Gasteiger partial charge is 0.308 e. The first kappa shape index (κ1) is 14.3. The minimum absolute atomic E-state index is 0.0987. The molecule has 0 saturated heterocycles. The summed E-state index contributed by atoms with van der Waals surface area (Å²) < 4.78 is 2.19. The van der Waals surface area contributed by atoms with E-state index in [2.05, 4.69) is 46.7 Å². The molecule has 0 amide bonds. The number of nitrogens with one attached hydrogen (secondary N) is 1. The molecule has 1 aliphatic carbocycles. The highest BCUT2D eigenvalue weighted by molar-refractivity contribution is 5.37.